The molecule has 3 atom stereocenters. The van der Waals surface area contributed by atoms with Crippen molar-refractivity contribution in [1.29, 1.82) is 0 Å². The third kappa shape index (κ3) is 2.69. The summed E-state index contributed by atoms with van der Waals surface area (Å²) in [6.45, 7) is 2.11. The van der Waals surface area contributed by atoms with E-state index in [-0.39, 0.29) is 24.6 Å². The number of ether oxygens (including phenoxy) is 2. The van der Waals surface area contributed by atoms with Crippen molar-refractivity contribution < 1.29 is 28.6 Å². The second-order valence-corrected chi connectivity index (χ2v) is 7.36. The van der Waals surface area contributed by atoms with Gasteiger partial charge < -0.3 is 19.0 Å². The molecule has 3 heterocycles. The molecule has 1 N–H and O–H groups in total. The minimum Gasteiger partial charge on any atom is -0.472 e. The van der Waals surface area contributed by atoms with Crippen LogP contribution in [0.25, 0.3) is 0 Å². The Balaban J connectivity index is 1.53. The van der Waals surface area contributed by atoms with Gasteiger partial charge in [0.15, 0.2) is 0 Å². The molecule has 6 heteroatoms. The Bertz CT molecular complexity index is 787. The molecule has 1 saturated heterocycles. The molecule has 26 heavy (non-hydrogen) atoms. The van der Waals surface area contributed by atoms with Gasteiger partial charge in [-0.25, -0.2) is 9.59 Å². The van der Waals surface area contributed by atoms with Gasteiger partial charge in [-0.2, -0.15) is 0 Å². The second-order valence-electron chi connectivity index (χ2n) is 7.36. The molecule has 138 valence electrons. The summed E-state index contributed by atoms with van der Waals surface area (Å²) in [5.74, 6) is -0.682. The Hall–Kier alpha value is -2.34. The fraction of sp³-hybridized carbons (Fsp3) is 0.500. The zero-order valence-electron chi connectivity index (χ0n) is 14.7. The molecular weight excluding hydrogens is 336 g/mol. The Labute approximate surface area is 151 Å². The monoisotopic (exact) mass is 358 g/mol. The lowest BCUT2D eigenvalue weighted by molar-refractivity contribution is -0.146. The molecule has 0 radical (unpaired) electrons. The Morgan fingerprint density at radius 1 is 1.31 bits per heavy atom. The largest absolute Gasteiger partial charge is 0.472 e. The number of hydrogen-bond acceptors (Lipinski definition) is 6. The zero-order chi connectivity index (χ0) is 18.3. The maximum atomic E-state index is 12.5. The molecule has 1 aromatic rings. The molecule has 3 aliphatic rings. The zero-order valence-corrected chi connectivity index (χ0v) is 14.7. The number of rotatable bonds is 4. The normalized spacial score (nSPS) is 31.4. The number of hydrogen-bond donors (Lipinski definition) is 1. The predicted octanol–water partition coefficient (Wildman–Crippen LogP) is 2.99. The van der Waals surface area contributed by atoms with Crippen LogP contribution >= 0.6 is 0 Å². The number of carbonyl (C=O) groups is 2. The summed E-state index contributed by atoms with van der Waals surface area (Å²) in [5, 5.41) is 10.6. The summed E-state index contributed by atoms with van der Waals surface area (Å²) >= 11 is 0. The van der Waals surface area contributed by atoms with Crippen molar-refractivity contribution in [2.45, 2.75) is 51.2 Å². The van der Waals surface area contributed by atoms with Crippen LogP contribution in [0, 0.1) is 5.41 Å². The van der Waals surface area contributed by atoms with E-state index in [1.54, 1.807) is 18.6 Å². The van der Waals surface area contributed by atoms with E-state index in [0.717, 1.165) is 11.1 Å². The van der Waals surface area contributed by atoms with Crippen LogP contribution in [0.4, 0.5) is 0 Å². The van der Waals surface area contributed by atoms with Crippen LogP contribution in [0.15, 0.2) is 45.8 Å². The molecule has 1 unspecified atom stereocenters. The number of aliphatic hydroxyl groups excluding tert-OH is 1. The van der Waals surface area contributed by atoms with Crippen LogP contribution in [-0.2, 0) is 19.1 Å². The van der Waals surface area contributed by atoms with Gasteiger partial charge in [-0.15, -0.1) is 0 Å². The van der Waals surface area contributed by atoms with Crippen LogP contribution in [0.3, 0.4) is 0 Å². The first-order chi connectivity index (χ1) is 12.5. The highest BCUT2D eigenvalue weighted by molar-refractivity contribution is 5.93. The first kappa shape index (κ1) is 17.1. The molecule has 1 fully saturated rings. The number of esters is 2. The minimum absolute atomic E-state index is 0.178. The van der Waals surface area contributed by atoms with Gasteiger partial charge in [-0.05, 0) is 38.7 Å². The van der Waals surface area contributed by atoms with Gasteiger partial charge in [0.2, 0.25) is 0 Å². The molecular formula is C20H22O6. The molecule has 0 aromatic carbocycles. The standard InChI is InChI=1S/C20H22O6/c1-12-9-16(13-6-8-24-10-13)26-18(22)14(12)5-7-20-11-25-19(23)15(20)3-2-4-17(20)21/h3,6,8,10,16-17,21H,2,4-5,7,9,11H2,1H3/t16?,17-,20-/m1/s1. The quantitative estimate of drug-likeness (QED) is 0.833. The molecule has 1 aromatic heterocycles. The molecule has 0 bridgehead atoms. The molecule has 0 amide bonds. The average molecular weight is 358 g/mol. The lowest BCUT2D eigenvalue weighted by Gasteiger charge is -2.36. The van der Waals surface area contributed by atoms with Gasteiger partial charge in [0.1, 0.15) is 12.7 Å². The molecule has 0 spiro atoms. The lowest BCUT2D eigenvalue weighted by atomic mass is 9.68. The van der Waals surface area contributed by atoms with Crippen molar-refractivity contribution in [3.63, 3.8) is 0 Å². The number of allylic oxidation sites excluding steroid dienone is 1. The van der Waals surface area contributed by atoms with E-state index >= 15 is 0 Å². The highest BCUT2D eigenvalue weighted by Crippen LogP contribution is 2.48. The molecule has 1 aliphatic carbocycles. The average Bonchev–Trinajstić information content (AvgIpc) is 3.25. The molecule has 4 rings (SSSR count). The Kier molecular flexibility index (Phi) is 4.23. The summed E-state index contributed by atoms with van der Waals surface area (Å²) in [5.41, 5.74) is 2.32. The van der Waals surface area contributed by atoms with Crippen LogP contribution in [0.2, 0.25) is 0 Å². The summed E-state index contributed by atoms with van der Waals surface area (Å²) < 4.78 is 15.9. The summed E-state index contributed by atoms with van der Waals surface area (Å²) in [7, 11) is 0. The first-order valence-electron chi connectivity index (χ1n) is 8.99. The van der Waals surface area contributed by atoms with E-state index in [1.165, 1.54) is 0 Å². The van der Waals surface area contributed by atoms with E-state index in [4.69, 9.17) is 13.9 Å². The first-order valence-corrected chi connectivity index (χ1v) is 8.99. The minimum atomic E-state index is -0.704. The number of furan rings is 1. The topological polar surface area (TPSA) is 86.0 Å². The van der Waals surface area contributed by atoms with Gasteiger partial charge in [0, 0.05) is 23.1 Å². The van der Waals surface area contributed by atoms with Gasteiger partial charge in [0.05, 0.1) is 24.0 Å². The highest BCUT2D eigenvalue weighted by Gasteiger charge is 2.51. The van der Waals surface area contributed by atoms with Gasteiger partial charge in [-0.1, -0.05) is 11.6 Å². The third-order valence-electron chi connectivity index (χ3n) is 5.88. The Morgan fingerprint density at radius 3 is 2.88 bits per heavy atom. The number of fused-ring (bicyclic) bond motifs is 1. The maximum absolute atomic E-state index is 12.5. The van der Waals surface area contributed by atoms with Gasteiger partial charge in [0.25, 0.3) is 0 Å². The van der Waals surface area contributed by atoms with E-state index in [1.807, 2.05) is 13.0 Å². The van der Waals surface area contributed by atoms with Crippen molar-refractivity contribution in [2.24, 2.45) is 5.41 Å². The molecule has 2 aliphatic heterocycles. The van der Waals surface area contributed by atoms with E-state index in [2.05, 4.69) is 0 Å². The fourth-order valence-electron chi connectivity index (χ4n) is 4.28. The molecule has 6 nitrogen and oxygen atoms in total. The van der Waals surface area contributed by atoms with Crippen molar-refractivity contribution in [3.05, 3.63) is 47.0 Å². The lowest BCUT2D eigenvalue weighted by Crippen LogP contribution is -2.40. The van der Waals surface area contributed by atoms with Crippen LogP contribution in [0.5, 0.6) is 0 Å². The number of aliphatic hydroxyl groups is 1. The summed E-state index contributed by atoms with van der Waals surface area (Å²) in [6, 6.07) is 1.80. The van der Waals surface area contributed by atoms with Gasteiger partial charge in [-0.3, -0.25) is 0 Å². The van der Waals surface area contributed by atoms with Crippen molar-refractivity contribution >= 4 is 11.9 Å². The van der Waals surface area contributed by atoms with Crippen molar-refractivity contribution in [1.82, 2.24) is 0 Å². The van der Waals surface area contributed by atoms with E-state index in [9.17, 15) is 14.7 Å². The van der Waals surface area contributed by atoms with E-state index in [0.29, 0.717) is 43.3 Å². The van der Waals surface area contributed by atoms with Gasteiger partial charge >= 0.3 is 11.9 Å². The summed E-state index contributed by atoms with van der Waals surface area (Å²) in [4.78, 5) is 24.5. The highest BCUT2D eigenvalue weighted by atomic mass is 16.5. The van der Waals surface area contributed by atoms with Crippen LogP contribution in [0.1, 0.15) is 50.7 Å². The smallest absolute Gasteiger partial charge is 0.334 e. The van der Waals surface area contributed by atoms with Crippen LogP contribution in [-0.4, -0.2) is 29.8 Å². The third-order valence-corrected chi connectivity index (χ3v) is 5.88. The SMILES string of the molecule is CC1=C(CC[C@@]23COC(=O)C2=CCC[C@H]3O)C(=O)OC(c2ccoc2)C1. The van der Waals surface area contributed by atoms with E-state index < -0.39 is 11.5 Å². The maximum Gasteiger partial charge on any atom is 0.334 e. The second kappa shape index (κ2) is 6.43. The van der Waals surface area contributed by atoms with Crippen LogP contribution < -0.4 is 0 Å². The van der Waals surface area contributed by atoms with Crippen molar-refractivity contribution in [2.75, 3.05) is 6.61 Å². The molecule has 0 saturated carbocycles. The predicted molar refractivity (Wildman–Crippen MR) is 90.8 cm³/mol. The fourth-order valence-corrected chi connectivity index (χ4v) is 4.28. The Morgan fingerprint density at radius 2 is 2.15 bits per heavy atom. The number of carbonyl (C=O) groups excluding carboxylic acids is 2. The van der Waals surface area contributed by atoms with Crippen molar-refractivity contribution in [3.8, 4) is 0 Å². The summed E-state index contributed by atoms with van der Waals surface area (Å²) in [6.07, 6.45) is 6.90. The number of cyclic esters (lactones) is 2.